The second kappa shape index (κ2) is 5.66. The van der Waals surface area contributed by atoms with Crippen molar-refractivity contribution in [3.8, 4) is 16.9 Å². The molecule has 0 saturated carbocycles. The molecule has 0 atom stereocenters. The van der Waals surface area contributed by atoms with Crippen molar-refractivity contribution in [3.05, 3.63) is 59.5 Å². The molecule has 2 amide bonds. The first-order chi connectivity index (χ1) is 12.1. The van der Waals surface area contributed by atoms with E-state index in [2.05, 4.69) is 10.3 Å². The molecule has 0 fully saturated rings. The summed E-state index contributed by atoms with van der Waals surface area (Å²) >= 11 is 0. The van der Waals surface area contributed by atoms with Crippen molar-refractivity contribution >= 4 is 22.7 Å². The fourth-order valence-corrected chi connectivity index (χ4v) is 3.11. The molecule has 1 aliphatic heterocycles. The molecule has 5 nitrogen and oxygen atoms in total. The van der Waals surface area contributed by atoms with Crippen LogP contribution in [-0.4, -0.2) is 23.9 Å². The molecule has 2 heterocycles. The summed E-state index contributed by atoms with van der Waals surface area (Å²) in [5, 5.41) is 3.03. The van der Waals surface area contributed by atoms with Crippen LogP contribution in [-0.2, 0) is 11.2 Å². The summed E-state index contributed by atoms with van der Waals surface area (Å²) < 4.78 is 18.6. The Morgan fingerprint density at radius 2 is 1.88 bits per heavy atom. The van der Waals surface area contributed by atoms with E-state index < -0.39 is 5.91 Å². The van der Waals surface area contributed by atoms with E-state index in [1.807, 2.05) is 0 Å². The highest BCUT2D eigenvalue weighted by molar-refractivity contribution is 6.13. The molecule has 2 aromatic carbocycles. The van der Waals surface area contributed by atoms with Crippen molar-refractivity contribution in [2.24, 2.45) is 0 Å². The smallest absolute Gasteiger partial charge is 0.276 e. The van der Waals surface area contributed by atoms with Gasteiger partial charge in [-0.15, -0.1) is 0 Å². The predicted molar refractivity (Wildman–Crippen MR) is 89.9 cm³/mol. The molecule has 4 rings (SSSR count). The third-order valence-electron chi connectivity index (χ3n) is 4.23. The van der Waals surface area contributed by atoms with E-state index in [1.165, 1.54) is 12.1 Å². The molecule has 0 radical (unpaired) electrons. The van der Waals surface area contributed by atoms with Crippen molar-refractivity contribution < 1.29 is 18.7 Å². The number of rotatable bonds is 2. The van der Waals surface area contributed by atoms with Gasteiger partial charge >= 0.3 is 0 Å². The Bertz CT molecular complexity index is 1030. The normalized spacial score (nSPS) is 13.5. The largest absolute Gasteiger partial charge is 0.497 e. The predicted octanol–water partition coefficient (Wildman–Crippen LogP) is 2.86. The minimum Gasteiger partial charge on any atom is -0.497 e. The van der Waals surface area contributed by atoms with E-state index in [1.54, 1.807) is 37.4 Å². The Morgan fingerprint density at radius 1 is 1.12 bits per heavy atom. The molecule has 0 bridgehead atoms. The Hall–Kier alpha value is -3.28. The second-order valence-electron chi connectivity index (χ2n) is 5.76. The molecule has 3 aromatic rings. The molecule has 0 aliphatic carbocycles. The highest BCUT2D eigenvalue weighted by Crippen LogP contribution is 2.36. The maximum Gasteiger partial charge on any atom is 0.276 e. The van der Waals surface area contributed by atoms with Crippen LogP contribution in [0.3, 0.4) is 0 Å². The van der Waals surface area contributed by atoms with Gasteiger partial charge in [-0.2, -0.15) is 0 Å². The molecule has 6 heteroatoms. The summed E-state index contributed by atoms with van der Waals surface area (Å²) in [6.45, 7) is 0. The summed E-state index contributed by atoms with van der Waals surface area (Å²) in [6, 6.07) is 11.3. The van der Waals surface area contributed by atoms with Gasteiger partial charge in [-0.05, 0) is 41.5 Å². The number of methoxy groups -OCH3 is 1. The van der Waals surface area contributed by atoms with Crippen LogP contribution in [0.5, 0.6) is 5.75 Å². The van der Waals surface area contributed by atoms with Gasteiger partial charge in [-0.3, -0.25) is 14.9 Å². The van der Waals surface area contributed by atoms with Gasteiger partial charge in [0.25, 0.3) is 5.91 Å². The molecule has 0 unspecified atom stereocenters. The Balaban J connectivity index is 2.11. The molecule has 124 valence electrons. The van der Waals surface area contributed by atoms with Crippen molar-refractivity contribution in [1.29, 1.82) is 0 Å². The van der Waals surface area contributed by atoms with Crippen molar-refractivity contribution in [2.45, 2.75) is 6.42 Å². The van der Waals surface area contributed by atoms with Gasteiger partial charge in [0, 0.05) is 10.9 Å². The zero-order valence-corrected chi connectivity index (χ0v) is 13.3. The maximum absolute atomic E-state index is 13.3. The van der Waals surface area contributed by atoms with Crippen LogP contribution in [0.1, 0.15) is 16.1 Å². The van der Waals surface area contributed by atoms with Crippen LogP contribution in [0.2, 0.25) is 0 Å². The maximum atomic E-state index is 13.3. The number of pyridine rings is 1. The number of carbonyl (C=O) groups excluding carboxylic acids is 2. The highest BCUT2D eigenvalue weighted by Gasteiger charge is 2.28. The summed E-state index contributed by atoms with van der Waals surface area (Å²) in [6.07, 6.45) is 0.0356. The van der Waals surface area contributed by atoms with Gasteiger partial charge < -0.3 is 4.74 Å². The second-order valence-corrected chi connectivity index (χ2v) is 5.76. The number of benzene rings is 2. The third-order valence-corrected chi connectivity index (χ3v) is 4.23. The number of ether oxygens (including phenoxy) is 1. The van der Waals surface area contributed by atoms with Crippen LogP contribution in [0.4, 0.5) is 4.39 Å². The number of nitrogens with zero attached hydrogens (tertiary/aromatic N) is 1. The summed E-state index contributed by atoms with van der Waals surface area (Å²) in [4.78, 5) is 28.5. The number of amides is 2. The SMILES string of the molecule is COc1ccc2nc3c(c(-c4ccc(F)cc4)c2c1)CC(=O)NC3=O. The lowest BCUT2D eigenvalue weighted by atomic mass is 9.90. The van der Waals surface area contributed by atoms with Crippen molar-refractivity contribution in [1.82, 2.24) is 10.3 Å². The molecule has 1 N–H and O–H groups in total. The van der Waals surface area contributed by atoms with Gasteiger partial charge in [-0.1, -0.05) is 12.1 Å². The number of carbonyl (C=O) groups is 2. The van der Waals surface area contributed by atoms with E-state index in [0.29, 0.717) is 28.0 Å². The van der Waals surface area contributed by atoms with E-state index in [9.17, 15) is 14.0 Å². The lowest BCUT2D eigenvalue weighted by Gasteiger charge is -2.20. The minimum atomic E-state index is -0.521. The summed E-state index contributed by atoms with van der Waals surface area (Å²) in [5.74, 6) is -0.635. The first kappa shape index (κ1) is 15.3. The number of halogens is 1. The van der Waals surface area contributed by atoms with Gasteiger partial charge in [-0.25, -0.2) is 9.37 Å². The van der Waals surface area contributed by atoms with Crippen molar-refractivity contribution in [3.63, 3.8) is 0 Å². The molecule has 0 saturated heterocycles. The first-order valence-corrected chi connectivity index (χ1v) is 7.67. The van der Waals surface area contributed by atoms with E-state index in [0.717, 1.165) is 5.39 Å². The van der Waals surface area contributed by atoms with Gasteiger partial charge in [0.15, 0.2) is 0 Å². The number of aromatic nitrogens is 1. The number of fused-ring (bicyclic) bond motifs is 2. The van der Waals surface area contributed by atoms with Crippen LogP contribution in [0.15, 0.2) is 42.5 Å². The topological polar surface area (TPSA) is 68.3 Å². The summed E-state index contributed by atoms with van der Waals surface area (Å²) in [7, 11) is 1.56. The molecule has 1 aliphatic rings. The van der Waals surface area contributed by atoms with E-state index in [4.69, 9.17) is 4.74 Å². The van der Waals surface area contributed by atoms with E-state index >= 15 is 0 Å². The van der Waals surface area contributed by atoms with Crippen LogP contribution in [0, 0.1) is 5.82 Å². The average Bonchev–Trinajstić information content (AvgIpc) is 2.61. The number of hydrogen-bond donors (Lipinski definition) is 1. The van der Waals surface area contributed by atoms with Crippen LogP contribution in [0.25, 0.3) is 22.0 Å². The molecular weight excluding hydrogens is 323 g/mol. The Kier molecular flexibility index (Phi) is 3.46. The number of hydrogen-bond acceptors (Lipinski definition) is 4. The third kappa shape index (κ3) is 2.52. The molecule has 25 heavy (non-hydrogen) atoms. The minimum absolute atomic E-state index is 0.0356. The van der Waals surface area contributed by atoms with Crippen molar-refractivity contribution in [2.75, 3.05) is 7.11 Å². The van der Waals surface area contributed by atoms with Gasteiger partial charge in [0.2, 0.25) is 5.91 Å². The molecule has 1 aromatic heterocycles. The Morgan fingerprint density at radius 3 is 2.60 bits per heavy atom. The first-order valence-electron chi connectivity index (χ1n) is 7.67. The lowest BCUT2D eigenvalue weighted by Crippen LogP contribution is -2.38. The standard InChI is InChI=1S/C19H13FN2O3/c1-25-12-6-7-15-13(8-12)17(10-2-4-11(20)5-3-10)14-9-16(23)22-19(24)18(14)21-15/h2-8H,9H2,1H3,(H,22,23,24). The summed E-state index contributed by atoms with van der Waals surface area (Å²) in [5.41, 5.74) is 2.77. The fraction of sp³-hybridized carbons (Fsp3) is 0.105. The highest BCUT2D eigenvalue weighted by atomic mass is 19.1. The molecular formula is C19H13FN2O3. The monoisotopic (exact) mass is 336 g/mol. The van der Waals surface area contributed by atoms with E-state index in [-0.39, 0.29) is 23.8 Å². The number of imide groups is 1. The van der Waals surface area contributed by atoms with Gasteiger partial charge in [0.1, 0.15) is 17.3 Å². The Labute approximate surface area is 142 Å². The zero-order chi connectivity index (χ0) is 17.6. The van der Waals surface area contributed by atoms with Gasteiger partial charge in [0.05, 0.1) is 19.0 Å². The zero-order valence-electron chi connectivity index (χ0n) is 13.3. The average molecular weight is 336 g/mol. The fourth-order valence-electron chi connectivity index (χ4n) is 3.11. The van der Waals surface area contributed by atoms with Crippen LogP contribution >= 0.6 is 0 Å². The number of nitrogens with one attached hydrogen (secondary N) is 1. The lowest BCUT2D eigenvalue weighted by molar-refractivity contribution is -0.119. The van der Waals surface area contributed by atoms with Crippen LogP contribution < -0.4 is 10.1 Å². The quantitative estimate of drug-likeness (QED) is 0.731. The molecule has 0 spiro atoms.